The van der Waals surface area contributed by atoms with Crippen molar-refractivity contribution >= 4 is 28.8 Å². The molecule has 1 heterocycles. The lowest BCUT2D eigenvalue weighted by atomic mass is 10.3. The summed E-state index contributed by atoms with van der Waals surface area (Å²) in [5.74, 6) is -0.0851. The van der Waals surface area contributed by atoms with Crippen molar-refractivity contribution in [3.05, 3.63) is 9.47 Å². The molecule has 0 aliphatic rings. The van der Waals surface area contributed by atoms with Crippen LogP contribution in [0.4, 0.5) is 0 Å². The van der Waals surface area contributed by atoms with Crippen molar-refractivity contribution in [2.75, 3.05) is 33.7 Å². The summed E-state index contributed by atoms with van der Waals surface area (Å²) in [5.41, 5.74) is 0. The summed E-state index contributed by atoms with van der Waals surface area (Å²) >= 11 is 6.80. The third kappa shape index (κ3) is 4.57. The Morgan fingerprint density at radius 3 is 2.47 bits per heavy atom. The first kappa shape index (κ1) is 14.3. The predicted octanol–water partition coefficient (Wildman–Crippen LogP) is 1.61. The second kappa shape index (κ2) is 6.88. The van der Waals surface area contributed by atoms with E-state index in [1.807, 2.05) is 25.9 Å². The predicted molar refractivity (Wildman–Crippen MR) is 69.7 cm³/mol. The second-order valence-corrected chi connectivity index (χ2v) is 5.52. The molecule has 0 spiro atoms. The summed E-state index contributed by atoms with van der Waals surface area (Å²) in [6.45, 7) is 4.29. The van der Waals surface area contributed by atoms with Gasteiger partial charge in [0.25, 0.3) is 5.91 Å². The van der Waals surface area contributed by atoms with Gasteiger partial charge < -0.3 is 9.80 Å². The second-order valence-electron chi connectivity index (χ2n) is 3.96. The van der Waals surface area contributed by atoms with Crippen molar-refractivity contribution in [1.82, 2.24) is 20.0 Å². The monoisotopic (exact) mass is 276 g/mol. The van der Waals surface area contributed by atoms with Crippen molar-refractivity contribution in [2.45, 2.75) is 13.3 Å². The molecule has 0 saturated heterocycles. The Morgan fingerprint density at radius 1 is 1.29 bits per heavy atom. The van der Waals surface area contributed by atoms with Crippen molar-refractivity contribution < 1.29 is 4.79 Å². The Bertz CT molecular complexity index is 369. The largest absolute Gasteiger partial charge is 0.335 e. The molecule has 0 bridgehead atoms. The highest BCUT2D eigenvalue weighted by molar-refractivity contribution is 7.17. The van der Waals surface area contributed by atoms with Gasteiger partial charge in [0.2, 0.25) is 9.47 Å². The number of aromatic nitrogens is 2. The molecule has 0 N–H and O–H groups in total. The summed E-state index contributed by atoms with van der Waals surface area (Å²) in [6.07, 6.45) is 0.922. The molecular formula is C10H17ClN4OS. The van der Waals surface area contributed by atoms with E-state index in [0.717, 1.165) is 30.8 Å². The van der Waals surface area contributed by atoms with Crippen molar-refractivity contribution in [2.24, 2.45) is 0 Å². The number of nitrogens with zero attached hydrogens (tertiary/aromatic N) is 4. The zero-order valence-corrected chi connectivity index (χ0v) is 11.9. The molecule has 0 aliphatic carbocycles. The molecule has 0 atom stereocenters. The molecule has 7 heteroatoms. The molecule has 0 radical (unpaired) electrons. The molecule has 96 valence electrons. The van der Waals surface area contributed by atoms with E-state index in [4.69, 9.17) is 11.6 Å². The van der Waals surface area contributed by atoms with E-state index >= 15 is 0 Å². The van der Waals surface area contributed by atoms with Gasteiger partial charge in [0, 0.05) is 19.6 Å². The average Bonchev–Trinajstić information content (AvgIpc) is 2.70. The first-order valence-electron chi connectivity index (χ1n) is 5.47. The molecule has 0 fully saturated rings. The molecule has 1 aromatic heterocycles. The normalized spacial score (nSPS) is 10.9. The minimum Gasteiger partial charge on any atom is -0.335 e. The fraction of sp³-hybridized carbons (Fsp3) is 0.700. The van der Waals surface area contributed by atoms with Gasteiger partial charge in [-0.3, -0.25) is 4.79 Å². The molecule has 17 heavy (non-hydrogen) atoms. The molecule has 1 amide bonds. The Morgan fingerprint density at radius 2 is 2.00 bits per heavy atom. The Kier molecular flexibility index (Phi) is 5.80. The first-order chi connectivity index (χ1) is 8.04. The molecule has 1 rings (SSSR count). The van der Waals surface area contributed by atoms with Crippen molar-refractivity contribution in [3.8, 4) is 0 Å². The lowest BCUT2D eigenvalue weighted by Gasteiger charge is -2.22. The van der Waals surface area contributed by atoms with E-state index in [1.54, 1.807) is 4.90 Å². The van der Waals surface area contributed by atoms with Gasteiger partial charge >= 0.3 is 0 Å². The summed E-state index contributed by atoms with van der Waals surface area (Å²) in [4.78, 5) is 16.0. The topological polar surface area (TPSA) is 49.3 Å². The quantitative estimate of drug-likeness (QED) is 0.792. The fourth-order valence-corrected chi connectivity index (χ4v) is 2.13. The highest BCUT2D eigenvalue weighted by Gasteiger charge is 2.19. The molecule has 1 aromatic rings. The highest BCUT2D eigenvalue weighted by atomic mass is 35.5. The zero-order valence-electron chi connectivity index (χ0n) is 10.3. The van der Waals surface area contributed by atoms with Crippen LogP contribution in [0.1, 0.15) is 23.1 Å². The smallest absolute Gasteiger partial charge is 0.284 e. The average molecular weight is 277 g/mol. The maximum Gasteiger partial charge on any atom is 0.284 e. The van der Waals surface area contributed by atoms with Gasteiger partial charge in [0.15, 0.2) is 0 Å². The Balaban J connectivity index is 2.66. The summed E-state index contributed by atoms with van der Waals surface area (Å²) in [5, 5.41) is 7.79. The van der Waals surface area contributed by atoms with Gasteiger partial charge in [0.1, 0.15) is 0 Å². The summed E-state index contributed by atoms with van der Waals surface area (Å²) in [6, 6.07) is 0. The summed E-state index contributed by atoms with van der Waals surface area (Å²) < 4.78 is 0.303. The molecule has 0 aromatic carbocycles. The minimum absolute atomic E-state index is 0.0851. The summed E-state index contributed by atoms with van der Waals surface area (Å²) in [7, 11) is 3.97. The van der Waals surface area contributed by atoms with E-state index in [2.05, 4.69) is 10.2 Å². The van der Waals surface area contributed by atoms with E-state index < -0.39 is 0 Å². The number of rotatable bonds is 6. The van der Waals surface area contributed by atoms with Crippen LogP contribution in [0.3, 0.4) is 0 Å². The third-order valence-electron chi connectivity index (χ3n) is 2.18. The highest BCUT2D eigenvalue weighted by Crippen LogP contribution is 2.16. The van der Waals surface area contributed by atoms with Crippen molar-refractivity contribution in [1.29, 1.82) is 0 Å². The van der Waals surface area contributed by atoms with Crippen LogP contribution in [0.2, 0.25) is 4.47 Å². The van der Waals surface area contributed by atoms with Gasteiger partial charge in [-0.05, 0) is 32.1 Å². The zero-order chi connectivity index (χ0) is 12.8. The Hall–Kier alpha value is -0.720. The lowest BCUT2D eigenvalue weighted by Crippen LogP contribution is -2.37. The van der Waals surface area contributed by atoms with Gasteiger partial charge in [0.05, 0.1) is 0 Å². The number of carbonyl (C=O) groups excluding carboxylic acids is 1. The molecular weight excluding hydrogens is 260 g/mol. The van der Waals surface area contributed by atoms with Gasteiger partial charge in [-0.2, -0.15) is 0 Å². The Labute approximate surface area is 110 Å². The van der Waals surface area contributed by atoms with Crippen molar-refractivity contribution in [3.63, 3.8) is 0 Å². The maximum absolute atomic E-state index is 12.1. The van der Waals surface area contributed by atoms with Crippen LogP contribution in [-0.4, -0.2) is 59.6 Å². The number of likely N-dealkylation sites (N-methyl/N-ethyl adjacent to an activating group) is 1. The number of halogens is 1. The fourth-order valence-electron chi connectivity index (χ4n) is 1.33. The number of hydrogen-bond acceptors (Lipinski definition) is 5. The number of amides is 1. The SMILES string of the molecule is CCCN(CCN(C)C)C(=O)c1nnc(Cl)s1. The van der Waals surface area contributed by atoms with E-state index in [-0.39, 0.29) is 5.91 Å². The maximum atomic E-state index is 12.1. The van der Waals surface area contributed by atoms with E-state index in [0.29, 0.717) is 16.0 Å². The standard InChI is InChI=1S/C10H17ClN4OS/c1-4-5-15(7-6-14(2)3)9(16)8-12-13-10(11)17-8/h4-7H2,1-3H3. The lowest BCUT2D eigenvalue weighted by molar-refractivity contribution is 0.0743. The van der Waals surface area contributed by atoms with Crippen LogP contribution in [-0.2, 0) is 0 Å². The molecule has 5 nitrogen and oxygen atoms in total. The first-order valence-corrected chi connectivity index (χ1v) is 6.67. The van der Waals surface area contributed by atoms with Crippen LogP contribution in [0.15, 0.2) is 0 Å². The third-order valence-corrected chi connectivity index (χ3v) is 3.19. The van der Waals surface area contributed by atoms with Crippen LogP contribution in [0.25, 0.3) is 0 Å². The number of hydrogen-bond donors (Lipinski definition) is 0. The number of carbonyl (C=O) groups is 1. The van der Waals surface area contributed by atoms with E-state index in [1.165, 1.54) is 0 Å². The van der Waals surface area contributed by atoms with Crippen LogP contribution in [0, 0.1) is 0 Å². The van der Waals surface area contributed by atoms with Gasteiger partial charge in [-0.1, -0.05) is 18.3 Å². The van der Waals surface area contributed by atoms with Crippen LogP contribution in [0.5, 0.6) is 0 Å². The van der Waals surface area contributed by atoms with Gasteiger partial charge in [-0.15, -0.1) is 10.2 Å². The molecule has 0 saturated carbocycles. The molecule has 0 aliphatic heterocycles. The molecule has 0 unspecified atom stereocenters. The minimum atomic E-state index is -0.0851. The van der Waals surface area contributed by atoms with E-state index in [9.17, 15) is 4.79 Å². The van der Waals surface area contributed by atoms with Crippen LogP contribution < -0.4 is 0 Å². The van der Waals surface area contributed by atoms with Gasteiger partial charge in [-0.25, -0.2) is 0 Å². The van der Waals surface area contributed by atoms with Crippen LogP contribution >= 0.6 is 22.9 Å².